The first-order chi connectivity index (χ1) is 11.2. The molecule has 11 heteroatoms. The summed E-state index contributed by atoms with van der Waals surface area (Å²) in [4.78, 5) is 23.3. The average molecular weight is 352 g/mol. The number of esters is 1. The second-order valence-electron chi connectivity index (χ2n) is 4.73. The number of nitrogens with one attached hydrogen (secondary N) is 1. The monoisotopic (exact) mass is 352 g/mol. The second kappa shape index (κ2) is 6.76. The molecular formula is C13H16N6O4S. The van der Waals surface area contributed by atoms with Crippen LogP contribution in [0.15, 0.2) is 23.1 Å². The van der Waals surface area contributed by atoms with E-state index < -0.39 is 16.0 Å². The van der Waals surface area contributed by atoms with Crippen molar-refractivity contribution in [1.29, 1.82) is 0 Å². The van der Waals surface area contributed by atoms with Gasteiger partial charge in [-0.1, -0.05) is 6.07 Å². The first-order valence-electron chi connectivity index (χ1n) is 6.70. The Hall–Kier alpha value is -2.79. The zero-order valence-corrected chi connectivity index (χ0v) is 13.8. The minimum absolute atomic E-state index is 0.0452. The van der Waals surface area contributed by atoms with Gasteiger partial charge >= 0.3 is 5.97 Å². The maximum Gasteiger partial charge on any atom is 0.338 e. The van der Waals surface area contributed by atoms with Crippen LogP contribution in [0.1, 0.15) is 21.7 Å². The standard InChI is InChI=1S/C13H16N6O4S/c1-7-3-4-8(24(21,22)16-2)5-9(7)11(20)23-6-10-17-12(14)19-13(15)18-10/h3-5,16H,6H2,1-2H3,(H4,14,15,17,18,19). The molecule has 0 spiro atoms. The smallest absolute Gasteiger partial charge is 0.338 e. The Morgan fingerprint density at radius 1 is 1.21 bits per heavy atom. The van der Waals surface area contributed by atoms with Crippen molar-refractivity contribution in [1.82, 2.24) is 19.7 Å². The third-order valence-corrected chi connectivity index (χ3v) is 4.47. The molecule has 0 amide bonds. The Kier molecular flexibility index (Phi) is 4.95. The third-order valence-electron chi connectivity index (χ3n) is 3.06. The Bertz CT molecular complexity index is 864. The van der Waals surface area contributed by atoms with Crippen LogP contribution in [-0.2, 0) is 21.4 Å². The Balaban J connectivity index is 2.22. The number of ether oxygens (including phenoxy) is 1. The van der Waals surface area contributed by atoms with Gasteiger partial charge in [0, 0.05) is 0 Å². The Morgan fingerprint density at radius 3 is 2.42 bits per heavy atom. The molecule has 0 unspecified atom stereocenters. The van der Waals surface area contributed by atoms with E-state index in [1.807, 2.05) is 0 Å². The van der Waals surface area contributed by atoms with Crippen LogP contribution >= 0.6 is 0 Å². The predicted octanol–water partition coefficient (Wildman–Crippen LogP) is -0.390. The molecule has 0 saturated heterocycles. The van der Waals surface area contributed by atoms with Gasteiger partial charge in [0.2, 0.25) is 21.9 Å². The van der Waals surface area contributed by atoms with E-state index in [-0.39, 0.29) is 34.8 Å². The van der Waals surface area contributed by atoms with Crippen molar-refractivity contribution in [3.8, 4) is 0 Å². The molecule has 5 N–H and O–H groups in total. The van der Waals surface area contributed by atoms with Crippen LogP contribution in [0.4, 0.5) is 11.9 Å². The van der Waals surface area contributed by atoms with Crippen LogP contribution < -0.4 is 16.2 Å². The van der Waals surface area contributed by atoms with E-state index in [2.05, 4.69) is 19.7 Å². The first-order valence-corrected chi connectivity index (χ1v) is 8.18. The van der Waals surface area contributed by atoms with Gasteiger partial charge in [-0.3, -0.25) is 0 Å². The van der Waals surface area contributed by atoms with E-state index in [1.165, 1.54) is 25.2 Å². The number of nitrogens with two attached hydrogens (primary N) is 2. The summed E-state index contributed by atoms with van der Waals surface area (Å²) in [6.45, 7) is 1.38. The van der Waals surface area contributed by atoms with Gasteiger partial charge < -0.3 is 16.2 Å². The third kappa shape index (κ3) is 3.94. The lowest BCUT2D eigenvalue weighted by atomic mass is 10.1. The van der Waals surface area contributed by atoms with Gasteiger partial charge in [0.25, 0.3) is 0 Å². The quantitative estimate of drug-likeness (QED) is 0.608. The van der Waals surface area contributed by atoms with Crippen molar-refractivity contribution in [2.75, 3.05) is 18.5 Å². The fraction of sp³-hybridized carbons (Fsp3) is 0.231. The number of benzene rings is 1. The molecule has 1 heterocycles. The van der Waals surface area contributed by atoms with Gasteiger partial charge in [-0.25, -0.2) is 17.9 Å². The molecule has 0 radical (unpaired) electrons. The van der Waals surface area contributed by atoms with E-state index in [1.54, 1.807) is 6.92 Å². The van der Waals surface area contributed by atoms with E-state index in [0.29, 0.717) is 5.56 Å². The van der Waals surface area contributed by atoms with Crippen LogP contribution in [0.5, 0.6) is 0 Å². The van der Waals surface area contributed by atoms with Gasteiger partial charge in [-0.2, -0.15) is 15.0 Å². The van der Waals surface area contributed by atoms with Crippen molar-refractivity contribution in [3.05, 3.63) is 35.2 Å². The highest BCUT2D eigenvalue weighted by atomic mass is 32.2. The van der Waals surface area contributed by atoms with Crippen LogP contribution in [0.2, 0.25) is 0 Å². The summed E-state index contributed by atoms with van der Waals surface area (Å²) in [7, 11) is -2.39. The van der Waals surface area contributed by atoms with E-state index in [0.717, 1.165) is 0 Å². The molecule has 2 aromatic rings. The molecule has 2 rings (SSSR count). The Morgan fingerprint density at radius 2 is 1.83 bits per heavy atom. The zero-order valence-electron chi connectivity index (χ0n) is 13.0. The number of hydrogen-bond donors (Lipinski definition) is 3. The molecule has 0 aliphatic heterocycles. The number of anilines is 2. The van der Waals surface area contributed by atoms with Crippen molar-refractivity contribution in [2.45, 2.75) is 18.4 Å². The lowest BCUT2D eigenvalue weighted by Gasteiger charge is -2.09. The van der Waals surface area contributed by atoms with Crippen molar-refractivity contribution in [3.63, 3.8) is 0 Å². The van der Waals surface area contributed by atoms with E-state index in [9.17, 15) is 13.2 Å². The molecule has 0 aliphatic rings. The van der Waals surface area contributed by atoms with E-state index in [4.69, 9.17) is 16.2 Å². The number of rotatable bonds is 5. The number of carbonyl (C=O) groups is 1. The number of nitrogen functional groups attached to an aromatic ring is 2. The lowest BCUT2D eigenvalue weighted by Crippen LogP contribution is -2.19. The SMILES string of the molecule is CNS(=O)(=O)c1ccc(C)c(C(=O)OCc2nc(N)nc(N)n2)c1. The maximum absolute atomic E-state index is 12.2. The fourth-order valence-corrected chi connectivity index (χ4v) is 2.59. The van der Waals surface area contributed by atoms with E-state index >= 15 is 0 Å². The minimum atomic E-state index is -3.67. The molecule has 1 aromatic heterocycles. The maximum atomic E-state index is 12.2. The van der Waals surface area contributed by atoms with Crippen LogP contribution in [-0.4, -0.2) is 36.4 Å². The second-order valence-corrected chi connectivity index (χ2v) is 6.61. The molecule has 10 nitrogen and oxygen atoms in total. The molecule has 0 aliphatic carbocycles. The number of sulfonamides is 1. The molecular weight excluding hydrogens is 336 g/mol. The zero-order chi connectivity index (χ0) is 17.9. The summed E-state index contributed by atoms with van der Waals surface area (Å²) in [5.74, 6) is -0.818. The highest BCUT2D eigenvalue weighted by molar-refractivity contribution is 7.89. The predicted molar refractivity (Wildman–Crippen MR) is 85.2 cm³/mol. The number of aryl methyl sites for hydroxylation is 1. The summed E-state index contributed by atoms with van der Waals surface area (Å²) < 4.78 is 30.9. The highest BCUT2D eigenvalue weighted by Gasteiger charge is 2.18. The van der Waals surface area contributed by atoms with Gasteiger partial charge in [-0.15, -0.1) is 0 Å². The summed E-state index contributed by atoms with van der Waals surface area (Å²) in [6, 6.07) is 4.14. The van der Waals surface area contributed by atoms with Crippen molar-refractivity contribution in [2.24, 2.45) is 0 Å². The minimum Gasteiger partial charge on any atom is -0.454 e. The average Bonchev–Trinajstić information content (AvgIpc) is 2.52. The lowest BCUT2D eigenvalue weighted by molar-refractivity contribution is 0.0461. The summed E-state index contributed by atoms with van der Waals surface area (Å²) in [5.41, 5.74) is 11.5. The normalized spacial score (nSPS) is 11.2. The van der Waals surface area contributed by atoms with Crippen molar-refractivity contribution < 1.29 is 17.9 Å². The first kappa shape index (κ1) is 17.6. The largest absolute Gasteiger partial charge is 0.454 e. The molecule has 1 aromatic carbocycles. The topological polar surface area (TPSA) is 163 Å². The fourth-order valence-electron chi connectivity index (χ4n) is 1.84. The van der Waals surface area contributed by atoms with Crippen LogP contribution in [0, 0.1) is 6.92 Å². The summed E-state index contributed by atoms with van der Waals surface area (Å²) >= 11 is 0. The van der Waals surface area contributed by atoms with Crippen LogP contribution in [0.25, 0.3) is 0 Å². The number of carbonyl (C=O) groups excluding carboxylic acids is 1. The van der Waals surface area contributed by atoms with Gasteiger partial charge in [0.15, 0.2) is 12.4 Å². The molecule has 0 bridgehead atoms. The molecule has 0 atom stereocenters. The number of aromatic nitrogens is 3. The number of nitrogens with zero attached hydrogens (tertiary/aromatic N) is 3. The van der Waals surface area contributed by atoms with Crippen molar-refractivity contribution >= 4 is 27.9 Å². The molecule has 128 valence electrons. The van der Waals surface area contributed by atoms with Gasteiger partial charge in [0.05, 0.1) is 10.5 Å². The summed E-state index contributed by atoms with van der Waals surface area (Å²) in [6.07, 6.45) is 0. The summed E-state index contributed by atoms with van der Waals surface area (Å²) in [5, 5.41) is 0. The molecule has 0 fully saturated rings. The van der Waals surface area contributed by atoms with Crippen LogP contribution in [0.3, 0.4) is 0 Å². The Labute approximate surface area is 138 Å². The number of hydrogen-bond acceptors (Lipinski definition) is 9. The highest BCUT2D eigenvalue weighted by Crippen LogP contribution is 2.17. The van der Waals surface area contributed by atoms with Gasteiger partial charge in [0.1, 0.15) is 0 Å². The molecule has 0 saturated carbocycles. The van der Waals surface area contributed by atoms with Gasteiger partial charge in [-0.05, 0) is 31.7 Å². The molecule has 24 heavy (non-hydrogen) atoms.